The van der Waals surface area contributed by atoms with Gasteiger partial charge >= 0.3 is 5.97 Å². The molecule has 2 rings (SSSR count). The standard InChI is InChI=1S/C12H10BrN3O3S/c1-6(11-16-8(5-20-11)12(18)19)15-10(17)7-2-3-14-9(13)4-7/h2-6H,1H3,(H,15,17)(H,18,19). The Morgan fingerprint density at radius 2 is 2.25 bits per heavy atom. The van der Waals surface area contributed by atoms with Gasteiger partial charge in [0.15, 0.2) is 5.69 Å². The quantitative estimate of drug-likeness (QED) is 0.822. The third-order valence-electron chi connectivity index (χ3n) is 2.45. The molecule has 0 saturated heterocycles. The van der Waals surface area contributed by atoms with Gasteiger partial charge < -0.3 is 10.4 Å². The van der Waals surface area contributed by atoms with E-state index in [2.05, 4.69) is 31.2 Å². The molecule has 2 aromatic rings. The number of halogens is 1. The molecule has 6 nitrogen and oxygen atoms in total. The Morgan fingerprint density at radius 3 is 2.85 bits per heavy atom. The third-order valence-corrected chi connectivity index (χ3v) is 3.91. The second-order valence-electron chi connectivity index (χ2n) is 3.94. The number of carbonyl (C=O) groups is 2. The van der Waals surface area contributed by atoms with Gasteiger partial charge in [-0.15, -0.1) is 11.3 Å². The maximum absolute atomic E-state index is 12.0. The lowest BCUT2D eigenvalue weighted by atomic mass is 10.2. The second-order valence-corrected chi connectivity index (χ2v) is 5.64. The maximum atomic E-state index is 12.0. The molecule has 0 aliphatic heterocycles. The lowest BCUT2D eigenvalue weighted by molar-refractivity contribution is 0.0691. The Kier molecular flexibility index (Phi) is 4.46. The summed E-state index contributed by atoms with van der Waals surface area (Å²) in [7, 11) is 0. The van der Waals surface area contributed by atoms with Gasteiger partial charge in [-0.25, -0.2) is 14.8 Å². The fraction of sp³-hybridized carbons (Fsp3) is 0.167. The van der Waals surface area contributed by atoms with Crippen LogP contribution in [-0.2, 0) is 0 Å². The molecule has 0 aliphatic carbocycles. The van der Waals surface area contributed by atoms with Gasteiger partial charge in [-0.3, -0.25) is 4.79 Å². The number of nitrogens with zero attached hydrogens (tertiary/aromatic N) is 2. The summed E-state index contributed by atoms with van der Waals surface area (Å²) in [6.45, 7) is 1.75. The molecule has 0 bridgehead atoms. The second kappa shape index (κ2) is 6.10. The highest BCUT2D eigenvalue weighted by Crippen LogP contribution is 2.18. The number of aromatic nitrogens is 2. The first-order valence-corrected chi connectivity index (χ1v) is 7.26. The predicted octanol–water partition coefficient (Wildman–Crippen LogP) is 2.49. The van der Waals surface area contributed by atoms with Crippen LogP contribution in [0.1, 0.15) is 38.8 Å². The maximum Gasteiger partial charge on any atom is 0.355 e. The minimum atomic E-state index is -1.08. The highest BCUT2D eigenvalue weighted by Gasteiger charge is 2.16. The van der Waals surface area contributed by atoms with E-state index in [1.54, 1.807) is 19.1 Å². The lowest BCUT2D eigenvalue weighted by Crippen LogP contribution is -2.26. The largest absolute Gasteiger partial charge is 0.476 e. The van der Waals surface area contributed by atoms with E-state index in [4.69, 9.17) is 5.11 Å². The van der Waals surface area contributed by atoms with Crippen LogP contribution in [0.4, 0.5) is 0 Å². The molecule has 0 saturated carbocycles. The van der Waals surface area contributed by atoms with E-state index in [-0.39, 0.29) is 17.6 Å². The van der Waals surface area contributed by atoms with Gasteiger partial charge in [0.2, 0.25) is 0 Å². The van der Waals surface area contributed by atoms with Gasteiger partial charge in [0.05, 0.1) is 6.04 Å². The highest BCUT2D eigenvalue weighted by molar-refractivity contribution is 9.10. The Bertz CT molecular complexity index is 659. The van der Waals surface area contributed by atoms with Crippen LogP contribution in [0.15, 0.2) is 28.3 Å². The predicted molar refractivity (Wildman–Crippen MR) is 76.9 cm³/mol. The van der Waals surface area contributed by atoms with Crippen LogP contribution in [0, 0.1) is 0 Å². The summed E-state index contributed by atoms with van der Waals surface area (Å²) in [6.07, 6.45) is 1.52. The van der Waals surface area contributed by atoms with Crippen LogP contribution < -0.4 is 5.32 Å². The van der Waals surface area contributed by atoms with Crippen molar-refractivity contribution in [2.24, 2.45) is 0 Å². The molecule has 0 aromatic carbocycles. The number of rotatable bonds is 4. The summed E-state index contributed by atoms with van der Waals surface area (Å²) in [6, 6.07) is 2.83. The molecular formula is C12H10BrN3O3S. The third kappa shape index (κ3) is 3.40. The van der Waals surface area contributed by atoms with Gasteiger partial charge in [0.1, 0.15) is 9.61 Å². The van der Waals surface area contributed by atoms with E-state index in [0.29, 0.717) is 15.2 Å². The van der Waals surface area contributed by atoms with Crippen molar-refractivity contribution in [2.45, 2.75) is 13.0 Å². The van der Waals surface area contributed by atoms with Crippen molar-refractivity contribution < 1.29 is 14.7 Å². The summed E-state index contributed by atoms with van der Waals surface area (Å²) < 4.78 is 0.570. The normalized spacial score (nSPS) is 11.9. The first kappa shape index (κ1) is 14.6. The van der Waals surface area contributed by atoms with Crippen molar-refractivity contribution >= 4 is 39.1 Å². The average molecular weight is 356 g/mol. The van der Waals surface area contributed by atoms with Crippen LogP contribution in [0.5, 0.6) is 0 Å². The number of pyridine rings is 1. The van der Waals surface area contributed by atoms with Gasteiger partial charge in [0, 0.05) is 17.1 Å². The Balaban J connectivity index is 2.08. The number of hydrogen-bond acceptors (Lipinski definition) is 5. The molecule has 20 heavy (non-hydrogen) atoms. The SMILES string of the molecule is CC(NC(=O)c1ccnc(Br)c1)c1nc(C(=O)O)cs1. The molecule has 0 spiro atoms. The fourth-order valence-corrected chi connectivity index (χ4v) is 2.63. The minimum Gasteiger partial charge on any atom is -0.476 e. The minimum absolute atomic E-state index is 0.0160. The van der Waals surface area contributed by atoms with Crippen LogP contribution in [-0.4, -0.2) is 27.0 Å². The van der Waals surface area contributed by atoms with E-state index in [0.717, 1.165) is 0 Å². The van der Waals surface area contributed by atoms with Gasteiger partial charge in [-0.1, -0.05) is 0 Å². The van der Waals surface area contributed by atoms with Crippen molar-refractivity contribution in [3.8, 4) is 0 Å². The van der Waals surface area contributed by atoms with Crippen molar-refractivity contribution in [1.82, 2.24) is 15.3 Å². The molecule has 0 radical (unpaired) electrons. The Morgan fingerprint density at radius 1 is 1.50 bits per heavy atom. The van der Waals surface area contributed by atoms with Gasteiger partial charge in [-0.05, 0) is 35.0 Å². The molecule has 1 unspecified atom stereocenters. The van der Waals surface area contributed by atoms with Crippen molar-refractivity contribution in [1.29, 1.82) is 0 Å². The molecule has 0 aliphatic rings. The number of aromatic carboxylic acids is 1. The number of hydrogen-bond donors (Lipinski definition) is 2. The van der Waals surface area contributed by atoms with E-state index in [1.807, 2.05) is 0 Å². The number of nitrogens with one attached hydrogen (secondary N) is 1. The molecule has 2 aromatic heterocycles. The van der Waals surface area contributed by atoms with Crippen LogP contribution >= 0.6 is 27.3 Å². The molecule has 2 N–H and O–H groups in total. The summed E-state index contributed by atoms with van der Waals surface area (Å²) in [5.41, 5.74) is 0.450. The summed E-state index contributed by atoms with van der Waals surface area (Å²) in [4.78, 5) is 30.7. The zero-order valence-corrected chi connectivity index (χ0v) is 12.7. The monoisotopic (exact) mass is 355 g/mol. The van der Waals surface area contributed by atoms with E-state index < -0.39 is 5.97 Å². The van der Waals surface area contributed by atoms with Crippen LogP contribution in [0.25, 0.3) is 0 Å². The van der Waals surface area contributed by atoms with Crippen LogP contribution in [0.3, 0.4) is 0 Å². The molecule has 0 fully saturated rings. The smallest absolute Gasteiger partial charge is 0.355 e. The van der Waals surface area contributed by atoms with E-state index >= 15 is 0 Å². The molecule has 104 valence electrons. The first-order chi connectivity index (χ1) is 9.47. The van der Waals surface area contributed by atoms with Crippen molar-refractivity contribution in [2.75, 3.05) is 0 Å². The zero-order chi connectivity index (χ0) is 14.7. The summed E-state index contributed by atoms with van der Waals surface area (Å²) in [5, 5.41) is 13.6. The Hall–Kier alpha value is -1.80. The molecular weight excluding hydrogens is 346 g/mol. The molecule has 1 atom stereocenters. The number of amides is 1. The first-order valence-electron chi connectivity index (χ1n) is 5.58. The van der Waals surface area contributed by atoms with Crippen LogP contribution in [0.2, 0.25) is 0 Å². The molecule has 1 amide bonds. The van der Waals surface area contributed by atoms with Crippen molar-refractivity contribution in [3.63, 3.8) is 0 Å². The fourth-order valence-electron chi connectivity index (χ4n) is 1.47. The number of thiazole rings is 1. The molecule has 2 heterocycles. The number of carbonyl (C=O) groups excluding carboxylic acids is 1. The van der Waals surface area contributed by atoms with Gasteiger partial charge in [0.25, 0.3) is 5.91 Å². The lowest BCUT2D eigenvalue weighted by Gasteiger charge is -2.11. The highest BCUT2D eigenvalue weighted by atomic mass is 79.9. The number of carboxylic acid groups (broad SMARTS) is 1. The topological polar surface area (TPSA) is 92.2 Å². The van der Waals surface area contributed by atoms with Crippen molar-refractivity contribution in [3.05, 3.63) is 44.6 Å². The number of carboxylic acids is 1. The van der Waals surface area contributed by atoms with Gasteiger partial charge in [-0.2, -0.15) is 0 Å². The summed E-state index contributed by atoms with van der Waals surface area (Å²) >= 11 is 4.39. The zero-order valence-electron chi connectivity index (χ0n) is 10.3. The average Bonchev–Trinajstić information content (AvgIpc) is 2.88. The van der Waals surface area contributed by atoms with E-state index in [9.17, 15) is 9.59 Å². The summed E-state index contributed by atoms with van der Waals surface area (Å²) in [5.74, 6) is -1.35. The molecule has 8 heteroatoms. The van der Waals surface area contributed by atoms with E-state index in [1.165, 1.54) is 22.9 Å². The Labute approximate surface area is 127 Å².